The summed E-state index contributed by atoms with van der Waals surface area (Å²) >= 11 is 5.01. The van der Waals surface area contributed by atoms with Crippen LogP contribution in [0.25, 0.3) is 6.08 Å². The van der Waals surface area contributed by atoms with Crippen LogP contribution in [0.1, 0.15) is 11.8 Å². The number of carbonyl (C=O) groups is 1. The van der Waals surface area contributed by atoms with E-state index >= 15 is 0 Å². The normalized spacial score (nSPS) is 16.9. The topological polar surface area (TPSA) is 32.7 Å². The van der Waals surface area contributed by atoms with Crippen LogP contribution < -0.4 is 5.01 Å². The fourth-order valence-corrected chi connectivity index (χ4v) is 3.03. The van der Waals surface area contributed by atoms with Crippen LogP contribution in [-0.4, -0.2) is 11.6 Å². The highest BCUT2D eigenvalue weighted by Gasteiger charge is 2.28. The summed E-state index contributed by atoms with van der Waals surface area (Å²) in [4.78, 5) is 13.5. The first-order valence-electron chi connectivity index (χ1n) is 6.06. The molecule has 0 spiro atoms. The third kappa shape index (κ3) is 2.46. The van der Waals surface area contributed by atoms with E-state index in [1.54, 1.807) is 11.3 Å². The lowest BCUT2D eigenvalue weighted by atomic mass is 10.1. The monoisotopic (exact) mass is 346 g/mol. The molecule has 1 aliphatic heterocycles. The van der Waals surface area contributed by atoms with Gasteiger partial charge in [0, 0.05) is 9.35 Å². The third-order valence-electron chi connectivity index (χ3n) is 2.95. The van der Waals surface area contributed by atoms with E-state index in [0.717, 1.165) is 20.7 Å². The summed E-state index contributed by atoms with van der Waals surface area (Å²) in [6.07, 6.45) is 1.89. The molecule has 5 heteroatoms. The van der Waals surface area contributed by atoms with Crippen LogP contribution in [0, 0.1) is 0 Å². The maximum atomic E-state index is 12.5. The van der Waals surface area contributed by atoms with Gasteiger partial charge in [-0.25, -0.2) is 0 Å². The Morgan fingerprint density at radius 3 is 2.85 bits per heavy atom. The van der Waals surface area contributed by atoms with Gasteiger partial charge in [-0.15, -0.1) is 11.3 Å². The van der Waals surface area contributed by atoms with Crippen LogP contribution in [0.3, 0.4) is 0 Å². The molecule has 1 aromatic carbocycles. The number of carbonyl (C=O) groups excluding carboxylic acids is 1. The van der Waals surface area contributed by atoms with Crippen molar-refractivity contribution in [2.75, 3.05) is 5.01 Å². The minimum absolute atomic E-state index is 0.0889. The van der Waals surface area contributed by atoms with Gasteiger partial charge >= 0.3 is 0 Å². The molecule has 0 N–H and O–H groups in total. The molecule has 0 aliphatic carbocycles. The molecule has 0 fully saturated rings. The van der Waals surface area contributed by atoms with Crippen LogP contribution in [-0.2, 0) is 4.79 Å². The van der Waals surface area contributed by atoms with E-state index < -0.39 is 0 Å². The van der Waals surface area contributed by atoms with E-state index in [1.807, 2.05) is 54.8 Å². The molecular formula is C15H11BrN2OS. The van der Waals surface area contributed by atoms with Gasteiger partial charge in [-0.3, -0.25) is 4.79 Å². The van der Waals surface area contributed by atoms with Crippen molar-refractivity contribution in [2.24, 2.45) is 5.10 Å². The number of thiophene rings is 1. The van der Waals surface area contributed by atoms with Gasteiger partial charge in [0.1, 0.15) is 0 Å². The maximum absolute atomic E-state index is 12.5. The average Bonchev–Trinajstić information content (AvgIpc) is 3.02. The van der Waals surface area contributed by atoms with Crippen molar-refractivity contribution in [2.45, 2.75) is 6.92 Å². The third-order valence-corrected chi connectivity index (χ3v) is 4.26. The summed E-state index contributed by atoms with van der Waals surface area (Å²) < 4.78 is 0.923. The van der Waals surface area contributed by atoms with Crippen molar-refractivity contribution in [3.05, 3.63) is 56.7 Å². The summed E-state index contributed by atoms with van der Waals surface area (Å²) in [6, 6.07) is 11.5. The Morgan fingerprint density at radius 2 is 2.15 bits per heavy atom. The van der Waals surface area contributed by atoms with E-state index in [0.29, 0.717) is 5.57 Å². The number of amides is 1. The van der Waals surface area contributed by atoms with Crippen molar-refractivity contribution in [3.8, 4) is 0 Å². The fraction of sp³-hybridized carbons (Fsp3) is 0.0667. The maximum Gasteiger partial charge on any atom is 0.280 e. The number of halogens is 1. The van der Waals surface area contributed by atoms with Crippen molar-refractivity contribution >= 4 is 50.6 Å². The summed E-state index contributed by atoms with van der Waals surface area (Å²) in [5, 5.41) is 7.79. The standard InChI is InChI=1S/C15H11BrN2OS/c1-10-14(9-13-6-3-7-20-13)15(19)18(17-10)12-5-2-4-11(16)8-12/h2-9H,1H3/b14-9-. The molecular weight excluding hydrogens is 336 g/mol. The molecule has 20 heavy (non-hydrogen) atoms. The molecule has 0 atom stereocenters. The molecule has 0 bridgehead atoms. The van der Waals surface area contributed by atoms with Crippen LogP contribution in [0.5, 0.6) is 0 Å². The zero-order valence-corrected chi connectivity index (χ0v) is 13.1. The van der Waals surface area contributed by atoms with Crippen LogP contribution in [0.4, 0.5) is 5.69 Å². The second-order valence-electron chi connectivity index (χ2n) is 4.36. The Balaban J connectivity index is 1.97. The quantitative estimate of drug-likeness (QED) is 0.745. The molecule has 0 unspecified atom stereocenters. The van der Waals surface area contributed by atoms with E-state index in [-0.39, 0.29) is 5.91 Å². The lowest BCUT2D eigenvalue weighted by Gasteiger charge is -2.11. The Bertz CT molecular complexity index is 719. The van der Waals surface area contributed by atoms with Crippen molar-refractivity contribution in [3.63, 3.8) is 0 Å². The molecule has 0 saturated carbocycles. The average molecular weight is 347 g/mol. The largest absolute Gasteiger partial charge is 0.280 e. The summed E-state index contributed by atoms with van der Waals surface area (Å²) in [7, 11) is 0. The van der Waals surface area contributed by atoms with E-state index in [9.17, 15) is 4.79 Å². The van der Waals surface area contributed by atoms with Gasteiger partial charge in [-0.05, 0) is 42.6 Å². The smallest absolute Gasteiger partial charge is 0.267 e. The van der Waals surface area contributed by atoms with Crippen molar-refractivity contribution < 1.29 is 4.79 Å². The van der Waals surface area contributed by atoms with Gasteiger partial charge in [0.2, 0.25) is 0 Å². The summed E-state index contributed by atoms with van der Waals surface area (Å²) in [5.74, 6) is -0.0889. The first-order valence-corrected chi connectivity index (χ1v) is 7.73. The Labute approximate surface area is 129 Å². The predicted octanol–water partition coefficient (Wildman–Crippen LogP) is 4.32. The number of hydrogen-bond donors (Lipinski definition) is 0. The predicted molar refractivity (Wildman–Crippen MR) is 87.0 cm³/mol. The Kier molecular flexibility index (Phi) is 3.54. The van der Waals surface area contributed by atoms with Gasteiger partial charge < -0.3 is 0 Å². The number of nitrogens with zero attached hydrogens (tertiary/aromatic N) is 2. The van der Waals surface area contributed by atoms with Crippen LogP contribution >= 0.6 is 27.3 Å². The molecule has 3 rings (SSSR count). The van der Waals surface area contributed by atoms with Crippen molar-refractivity contribution in [1.29, 1.82) is 0 Å². The Hall–Kier alpha value is -1.72. The van der Waals surface area contributed by atoms with Crippen LogP contribution in [0.15, 0.2) is 56.9 Å². The molecule has 1 aliphatic rings. The van der Waals surface area contributed by atoms with Crippen molar-refractivity contribution in [1.82, 2.24) is 0 Å². The highest BCUT2D eigenvalue weighted by atomic mass is 79.9. The van der Waals surface area contributed by atoms with Crippen LogP contribution in [0.2, 0.25) is 0 Å². The molecule has 2 aromatic rings. The van der Waals surface area contributed by atoms with E-state index in [1.165, 1.54) is 5.01 Å². The number of anilines is 1. The van der Waals surface area contributed by atoms with Gasteiger partial charge in [0.15, 0.2) is 0 Å². The minimum atomic E-state index is -0.0889. The molecule has 1 amide bonds. The second-order valence-corrected chi connectivity index (χ2v) is 6.25. The van der Waals surface area contributed by atoms with E-state index in [2.05, 4.69) is 21.0 Å². The summed E-state index contributed by atoms with van der Waals surface area (Å²) in [5.41, 5.74) is 2.15. The van der Waals surface area contributed by atoms with Gasteiger partial charge in [-0.1, -0.05) is 28.1 Å². The highest BCUT2D eigenvalue weighted by Crippen LogP contribution is 2.27. The molecule has 1 aromatic heterocycles. The SMILES string of the molecule is CC1=NN(c2cccc(Br)c2)C(=O)/C1=C\c1cccs1. The molecule has 2 heterocycles. The number of benzene rings is 1. The lowest BCUT2D eigenvalue weighted by Crippen LogP contribution is -2.21. The number of rotatable bonds is 2. The zero-order chi connectivity index (χ0) is 14.1. The fourth-order valence-electron chi connectivity index (χ4n) is 1.98. The minimum Gasteiger partial charge on any atom is -0.267 e. The van der Waals surface area contributed by atoms with E-state index in [4.69, 9.17) is 0 Å². The lowest BCUT2D eigenvalue weighted by molar-refractivity contribution is -0.114. The first-order chi connectivity index (χ1) is 9.65. The second kappa shape index (κ2) is 5.34. The first kappa shape index (κ1) is 13.3. The Morgan fingerprint density at radius 1 is 1.30 bits per heavy atom. The van der Waals surface area contributed by atoms with Gasteiger partial charge in [0.05, 0.1) is 17.0 Å². The molecule has 3 nitrogen and oxygen atoms in total. The number of hydrazone groups is 1. The molecule has 0 radical (unpaired) electrons. The summed E-state index contributed by atoms with van der Waals surface area (Å²) in [6.45, 7) is 1.86. The highest BCUT2D eigenvalue weighted by molar-refractivity contribution is 9.10. The van der Waals surface area contributed by atoms with Gasteiger partial charge in [-0.2, -0.15) is 10.1 Å². The molecule has 0 saturated heterocycles. The zero-order valence-electron chi connectivity index (χ0n) is 10.7. The molecule has 100 valence electrons. The number of hydrogen-bond acceptors (Lipinski definition) is 3. The van der Waals surface area contributed by atoms with Gasteiger partial charge in [0.25, 0.3) is 5.91 Å².